The van der Waals surface area contributed by atoms with Crippen LogP contribution in [0.1, 0.15) is 20.3 Å². The summed E-state index contributed by atoms with van der Waals surface area (Å²) in [5, 5.41) is 27.4. The third kappa shape index (κ3) is 1.72. The number of rotatable bonds is 2. The first kappa shape index (κ1) is 11.3. The van der Waals surface area contributed by atoms with E-state index in [4.69, 9.17) is 10.2 Å². The molecule has 1 atom stereocenters. The first-order valence-electron chi connectivity index (χ1n) is 4.36. The van der Waals surface area contributed by atoms with E-state index >= 15 is 0 Å². The first-order valence-corrected chi connectivity index (χ1v) is 4.36. The van der Waals surface area contributed by atoms with Gasteiger partial charge in [0, 0.05) is 12.0 Å². The average Bonchev–Trinajstić information content (AvgIpc) is 2.12. The van der Waals surface area contributed by atoms with Crippen LogP contribution in [0.25, 0.3) is 0 Å². The molecule has 1 aliphatic rings. The summed E-state index contributed by atoms with van der Waals surface area (Å²) in [5.41, 5.74) is -1.26. The monoisotopic (exact) mass is 212 g/mol. The molecule has 1 unspecified atom stereocenters. The number of allylic oxidation sites excluding steroid dienone is 2. The molecule has 5 nitrogen and oxygen atoms in total. The van der Waals surface area contributed by atoms with Crippen molar-refractivity contribution < 1.29 is 24.9 Å². The average molecular weight is 212 g/mol. The molecule has 15 heavy (non-hydrogen) atoms. The van der Waals surface area contributed by atoms with Gasteiger partial charge in [-0.1, -0.05) is 0 Å². The molecule has 0 bridgehead atoms. The maximum atomic E-state index is 11.0. The summed E-state index contributed by atoms with van der Waals surface area (Å²) in [6.45, 7) is 2.79. The molecule has 5 heteroatoms. The van der Waals surface area contributed by atoms with Gasteiger partial charge in [-0.15, -0.1) is 0 Å². The van der Waals surface area contributed by atoms with Crippen molar-refractivity contribution in [1.29, 1.82) is 0 Å². The van der Waals surface area contributed by atoms with Gasteiger partial charge in [-0.2, -0.15) is 0 Å². The van der Waals surface area contributed by atoms with Gasteiger partial charge in [0.25, 0.3) is 0 Å². The molecule has 0 saturated heterocycles. The van der Waals surface area contributed by atoms with Gasteiger partial charge in [0.2, 0.25) is 0 Å². The molecule has 0 spiro atoms. The van der Waals surface area contributed by atoms with Gasteiger partial charge in [-0.25, -0.2) is 4.79 Å². The van der Waals surface area contributed by atoms with E-state index < -0.39 is 17.4 Å². The highest BCUT2D eigenvalue weighted by molar-refractivity contribution is 5.90. The molecule has 0 amide bonds. The van der Waals surface area contributed by atoms with E-state index in [9.17, 15) is 14.7 Å². The Labute approximate surface area is 86.3 Å². The summed E-state index contributed by atoms with van der Waals surface area (Å²) in [5.74, 6) is -2.67. The zero-order chi connectivity index (χ0) is 11.8. The van der Waals surface area contributed by atoms with Crippen molar-refractivity contribution >= 4 is 11.9 Å². The molecular formula is C10H12O5. The Morgan fingerprint density at radius 2 is 1.93 bits per heavy atom. The van der Waals surface area contributed by atoms with Crippen LogP contribution in [0.5, 0.6) is 0 Å². The summed E-state index contributed by atoms with van der Waals surface area (Å²) in [6, 6.07) is 0. The van der Waals surface area contributed by atoms with Crippen LogP contribution in [-0.4, -0.2) is 27.3 Å². The molecule has 0 aromatic carbocycles. The van der Waals surface area contributed by atoms with Crippen LogP contribution in [0.3, 0.4) is 0 Å². The fourth-order valence-corrected chi connectivity index (χ4v) is 1.59. The van der Waals surface area contributed by atoms with Crippen molar-refractivity contribution in [2.75, 3.05) is 0 Å². The molecule has 1 aliphatic carbocycles. The van der Waals surface area contributed by atoms with Gasteiger partial charge < -0.3 is 15.3 Å². The van der Waals surface area contributed by atoms with Crippen LogP contribution in [-0.2, 0) is 9.59 Å². The summed E-state index contributed by atoms with van der Waals surface area (Å²) < 4.78 is 0. The second kappa shape index (κ2) is 3.42. The normalized spacial score (nSPS) is 26.1. The number of aliphatic hydroxyl groups is 1. The van der Waals surface area contributed by atoms with E-state index in [-0.39, 0.29) is 23.3 Å². The zero-order valence-electron chi connectivity index (χ0n) is 8.44. The quantitative estimate of drug-likeness (QED) is 0.641. The first-order chi connectivity index (χ1) is 6.79. The second-order valence-electron chi connectivity index (χ2n) is 3.82. The lowest BCUT2D eigenvalue weighted by Crippen LogP contribution is -2.34. The number of aliphatic carboxylic acids is 2. The molecule has 3 N–H and O–H groups in total. The Morgan fingerprint density at radius 1 is 1.40 bits per heavy atom. The van der Waals surface area contributed by atoms with Crippen molar-refractivity contribution in [3.8, 4) is 0 Å². The summed E-state index contributed by atoms with van der Waals surface area (Å²) >= 11 is 0. The maximum absolute atomic E-state index is 11.0. The number of carboxylic acids is 2. The van der Waals surface area contributed by atoms with Crippen molar-refractivity contribution in [3.05, 3.63) is 23.0 Å². The molecular weight excluding hydrogens is 200 g/mol. The van der Waals surface area contributed by atoms with Crippen LogP contribution in [0.4, 0.5) is 0 Å². The number of carboxylic acid groups (broad SMARTS) is 2. The fraction of sp³-hybridized carbons (Fsp3) is 0.400. The minimum absolute atomic E-state index is 0.00444. The summed E-state index contributed by atoms with van der Waals surface area (Å²) in [4.78, 5) is 21.7. The van der Waals surface area contributed by atoms with E-state index in [1.165, 1.54) is 19.9 Å². The summed E-state index contributed by atoms with van der Waals surface area (Å²) in [7, 11) is 0. The lowest BCUT2D eigenvalue weighted by molar-refractivity contribution is -0.147. The SMILES string of the molecule is CC1=C(O)C(C)(C(=O)O)CC(C(=O)O)=C1. The molecule has 82 valence electrons. The number of hydrogen-bond donors (Lipinski definition) is 3. The largest absolute Gasteiger partial charge is 0.511 e. The molecule has 0 aromatic rings. The number of aliphatic hydroxyl groups excluding tert-OH is 1. The second-order valence-corrected chi connectivity index (χ2v) is 3.82. The molecule has 0 aromatic heterocycles. The van der Waals surface area contributed by atoms with Crippen LogP contribution in [0.2, 0.25) is 0 Å². The Hall–Kier alpha value is -1.78. The Balaban J connectivity index is 3.26. The van der Waals surface area contributed by atoms with Crippen molar-refractivity contribution in [2.45, 2.75) is 20.3 Å². The van der Waals surface area contributed by atoms with Gasteiger partial charge >= 0.3 is 11.9 Å². The lowest BCUT2D eigenvalue weighted by atomic mass is 9.76. The maximum Gasteiger partial charge on any atom is 0.331 e. The van der Waals surface area contributed by atoms with Gasteiger partial charge in [-0.05, 0) is 25.5 Å². The molecule has 0 saturated carbocycles. The van der Waals surface area contributed by atoms with Crippen LogP contribution >= 0.6 is 0 Å². The van der Waals surface area contributed by atoms with E-state index in [2.05, 4.69) is 0 Å². The third-order valence-electron chi connectivity index (χ3n) is 2.58. The molecule has 0 fully saturated rings. The van der Waals surface area contributed by atoms with Crippen molar-refractivity contribution in [3.63, 3.8) is 0 Å². The topological polar surface area (TPSA) is 94.8 Å². The Bertz CT molecular complexity index is 391. The highest BCUT2D eigenvalue weighted by atomic mass is 16.4. The molecule has 1 rings (SSSR count). The smallest absolute Gasteiger partial charge is 0.331 e. The van der Waals surface area contributed by atoms with E-state index in [0.717, 1.165) is 0 Å². The van der Waals surface area contributed by atoms with Gasteiger partial charge in [-0.3, -0.25) is 4.79 Å². The van der Waals surface area contributed by atoms with E-state index in [1.54, 1.807) is 0 Å². The standard InChI is InChI=1S/C10H12O5/c1-5-3-6(8(12)13)4-10(2,7(5)11)9(14)15/h3,11H,4H2,1-2H3,(H,12,13)(H,14,15). The minimum atomic E-state index is -1.54. The Morgan fingerprint density at radius 3 is 2.33 bits per heavy atom. The fourth-order valence-electron chi connectivity index (χ4n) is 1.59. The van der Waals surface area contributed by atoms with Crippen molar-refractivity contribution in [1.82, 2.24) is 0 Å². The highest BCUT2D eigenvalue weighted by Gasteiger charge is 2.42. The molecule has 0 aliphatic heterocycles. The van der Waals surface area contributed by atoms with E-state index in [0.29, 0.717) is 0 Å². The minimum Gasteiger partial charge on any atom is -0.511 e. The Kier molecular flexibility index (Phi) is 2.57. The van der Waals surface area contributed by atoms with Crippen molar-refractivity contribution in [2.24, 2.45) is 5.41 Å². The van der Waals surface area contributed by atoms with Crippen LogP contribution in [0, 0.1) is 5.41 Å². The molecule has 0 radical (unpaired) electrons. The lowest BCUT2D eigenvalue weighted by Gasteiger charge is -2.28. The van der Waals surface area contributed by atoms with Gasteiger partial charge in [0.15, 0.2) is 0 Å². The van der Waals surface area contributed by atoms with Gasteiger partial charge in [0.05, 0.1) is 0 Å². The third-order valence-corrected chi connectivity index (χ3v) is 2.58. The zero-order valence-corrected chi connectivity index (χ0v) is 8.44. The highest BCUT2D eigenvalue weighted by Crippen LogP contribution is 2.39. The predicted octanol–water partition coefficient (Wildman–Crippen LogP) is 1.32. The van der Waals surface area contributed by atoms with Crippen LogP contribution in [0.15, 0.2) is 23.0 Å². The number of carbonyl (C=O) groups is 2. The summed E-state index contributed by atoms with van der Waals surface area (Å²) in [6.07, 6.45) is 1.09. The molecule has 0 heterocycles. The number of hydrogen-bond acceptors (Lipinski definition) is 3. The van der Waals surface area contributed by atoms with Gasteiger partial charge in [0.1, 0.15) is 11.2 Å². The van der Waals surface area contributed by atoms with Crippen LogP contribution < -0.4 is 0 Å². The predicted molar refractivity (Wildman–Crippen MR) is 51.4 cm³/mol. The van der Waals surface area contributed by atoms with E-state index in [1.807, 2.05) is 0 Å².